The number of hydrogen-bond acceptors (Lipinski definition) is 5. The summed E-state index contributed by atoms with van der Waals surface area (Å²) in [7, 11) is 1.53. The van der Waals surface area contributed by atoms with Crippen molar-refractivity contribution in [1.29, 1.82) is 0 Å². The van der Waals surface area contributed by atoms with Crippen LogP contribution in [0.5, 0.6) is 5.75 Å². The summed E-state index contributed by atoms with van der Waals surface area (Å²) in [6.07, 6.45) is -0.442. The van der Waals surface area contributed by atoms with E-state index in [-0.39, 0.29) is 12.1 Å². The first-order valence-electron chi connectivity index (χ1n) is 12.1. The van der Waals surface area contributed by atoms with Crippen LogP contribution in [0.15, 0.2) is 59.8 Å². The van der Waals surface area contributed by atoms with Crippen LogP contribution in [-0.2, 0) is 16.6 Å². The number of carbonyl (C=O) groups excluding carboxylic acids is 1. The molecule has 1 aromatic heterocycles. The molecule has 0 saturated heterocycles. The summed E-state index contributed by atoms with van der Waals surface area (Å²) < 4.78 is 61.3. The summed E-state index contributed by atoms with van der Waals surface area (Å²) in [4.78, 5) is 12.3. The molecular weight excluding hydrogens is 568 g/mol. The highest BCUT2D eigenvalue weighted by Crippen LogP contribution is 2.37. The lowest BCUT2D eigenvalue weighted by Crippen LogP contribution is -2.28. The molecule has 40 heavy (non-hydrogen) atoms. The maximum Gasteiger partial charge on any atom is 0.224 e. The molecule has 0 unspecified atom stereocenters. The molecule has 0 spiro atoms. The normalized spacial score (nSPS) is 11.5. The second-order valence-electron chi connectivity index (χ2n) is 9.33. The van der Waals surface area contributed by atoms with Crippen molar-refractivity contribution in [3.05, 3.63) is 99.8 Å². The number of methoxy groups -OCH3 is 1. The Hall–Kier alpha value is -3.57. The second kappa shape index (κ2) is 12.3. The van der Waals surface area contributed by atoms with E-state index in [2.05, 4.69) is 15.5 Å². The number of thioether (sulfide) groups is 1. The summed E-state index contributed by atoms with van der Waals surface area (Å²) >= 11 is 7.52. The third kappa shape index (κ3) is 6.42. The van der Waals surface area contributed by atoms with Gasteiger partial charge in [-0.1, -0.05) is 29.4 Å². The van der Waals surface area contributed by atoms with Gasteiger partial charge >= 0.3 is 0 Å². The van der Waals surface area contributed by atoms with Crippen molar-refractivity contribution < 1.29 is 27.1 Å². The van der Waals surface area contributed by atoms with Crippen LogP contribution in [0.4, 0.5) is 17.6 Å². The van der Waals surface area contributed by atoms with Gasteiger partial charge in [-0.2, -0.15) is 0 Å². The molecule has 0 aliphatic rings. The molecular formula is C28H25ClF4N4O2S. The molecule has 1 heterocycles. The van der Waals surface area contributed by atoms with Crippen LogP contribution in [0.2, 0.25) is 5.02 Å². The third-order valence-electron chi connectivity index (χ3n) is 6.25. The first-order valence-corrected chi connectivity index (χ1v) is 13.5. The third-order valence-corrected chi connectivity index (χ3v) is 7.49. The van der Waals surface area contributed by atoms with E-state index in [1.54, 1.807) is 18.2 Å². The molecule has 12 heteroatoms. The number of benzene rings is 3. The van der Waals surface area contributed by atoms with Crippen LogP contribution in [0, 0.1) is 23.3 Å². The van der Waals surface area contributed by atoms with Crippen molar-refractivity contribution in [2.75, 3.05) is 19.4 Å². The summed E-state index contributed by atoms with van der Waals surface area (Å²) in [6.45, 7) is 4.11. The Labute approximate surface area is 237 Å². The van der Waals surface area contributed by atoms with Gasteiger partial charge in [-0.3, -0.25) is 9.36 Å². The van der Waals surface area contributed by atoms with Gasteiger partial charge in [0.05, 0.1) is 24.0 Å². The summed E-state index contributed by atoms with van der Waals surface area (Å²) in [6, 6.07) is 12.4. The van der Waals surface area contributed by atoms with Crippen LogP contribution < -0.4 is 10.1 Å². The molecule has 4 aromatic rings. The molecule has 0 fully saturated rings. The fourth-order valence-corrected chi connectivity index (χ4v) is 5.04. The smallest absolute Gasteiger partial charge is 0.224 e. The number of aromatic nitrogens is 3. The zero-order valence-electron chi connectivity index (χ0n) is 21.8. The second-order valence-corrected chi connectivity index (χ2v) is 10.8. The molecule has 0 saturated carbocycles. The molecule has 3 aromatic carbocycles. The number of rotatable bonds is 10. The average molecular weight is 593 g/mol. The van der Waals surface area contributed by atoms with Gasteiger partial charge in [0.25, 0.3) is 0 Å². The fraction of sp³-hybridized carbons (Fsp3) is 0.250. The first-order chi connectivity index (χ1) is 19.0. The van der Waals surface area contributed by atoms with Gasteiger partial charge in [0.1, 0.15) is 23.2 Å². The van der Waals surface area contributed by atoms with Crippen molar-refractivity contribution in [3.8, 4) is 11.4 Å². The summed E-state index contributed by atoms with van der Waals surface area (Å²) in [5.74, 6) is -3.04. The molecule has 0 bridgehead atoms. The summed E-state index contributed by atoms with van der Waals surface area (Å²) in [5.41, 5.74) is 0.570. The maximum absolute atomic E-state index is 13.9. The molecule has 0 aliphatic carbocycles. The fourth-order valence-electron chi connectivity index (χ4n) is 4.04. The van der Waals surface area contributed by atoms with Gasteiger partial charge < -0.3 is 10.1 Å². The number of nitrogens with one attached hydrogen (secondary N) is 1. The Morgan fingerprint density at radius 1 is 1.00 bits per heavy atom. The lowest BCUT2D eigenvalue weighted by atomic mass is 9.83. The van der Waals surface area contributed by atoms with Crippen molar-refractivity contribution in [3.63, 3.8) is 0 Å². The molecule has 0 atom stereocenters. The van der Waals surface area contributed by atoms with Crippen molar-refractivity contribution in [2.24, 2.45) is 0 Å². The van der Waals surface area contributed by atoms with E-state index < -0.39 is 41.0 Å². The Kier molecular flexibility index (Phi) is 9.05. The minimum atomic E-state index is -1.32. The Morgan fingerprint density at radius 3 is 2.40 bits per heavy atom. The van der Waals surface area contributed by atoms with E-state index in [1.165, 1.54) is 31.0 Å². The molecule has 0 radical (unpaired) electrons. The molecule has 6 nitrogen and oxygen atoms in total. The van der Waals surface area contributed by atoms with Gasteiger partial charge in [0.15, 0.2) is 16.8 Å². The van der Waals surface area contributed by atoms with E-state index in [0.29, 0.717) is 45.3 Å². The lowest BCUT2D eigenvalue weighted by molar-refractivity contribution is -0.120. The SMILES string of the molecule is COc1cc(C(C)(C)c2nnc(SCCNC(=O)Cc3cc(F)c(F)cc3F)n2-c2ccc(F)cc2)ccc1Cl. The number of carbonyl (C=O) groups is 1. The monoisotopic (exact) mass is 592 g/mol. The predicted octanol–water partition coefficient (Wildman–Crippen LogP) is 6.26. The molecule has 0 aliphatic heterocycles. The Morgan fingerprint density at radius 2 is 1.70 bits per heavy atom. The standard InChI is InChI=1S/C28H25ClF4N4O2S/c1-28(2,17-4-9-20(29)24(14-17)39-3)26-35-36-27(37(26)19-7-5-18(30)6-8-19)40-11-10-34-25(38)13-16-12-22(32)23(33)15-21(16)31/h4-9,12,14-15H,10-11,13H2,1-3H3,(H,34,38). The van der Waals surface area contributed by atoms with E-state index in [1.807, 2.05) is 30.5 Å². The van der Waals surface area contributed by atoms with Crippen LogP contribution in [-0.4, -0.2) is 40.1 Å². The van der Waals surface area contributed by atoms with Gasteiger partial charge in [-0.05, 0) is 61.9 Å². The molecule has 1 N–H and O–H groups in total. The van der Waals surface area contributed by atoms with Gasteiger partial charge in [0, 0.05) is 29.6 Å². The highest BCUT2D eigenvalue weighted by molar-refractivity contribution is 7.99. The molecule has 1 amide bonds. The minimum Gasteiger partial charge on any atom is -0.495 e. The first kappa shape index (κ1) is 29.4. The maximum atomic E-state index is 13.9. The zero-order chi connectivity index (χ0) is 29.0. The van der Waals surface area contributed by atoms with Gasteiger partial charge in [-0.15, -0.1) is 10.2 Å². The topological polar surface area (TPSA) is 69.0 Å². The molecule has 4 rings (SSSR count). The van der Waals surface area contributed by atoms with Gasteiger partial charge in [-0.25, -0.2) is 17.6 Å². The number of nitrogens with zero attached hydrogens (tertiary/aromatic N) is 3. The lowest BCUT2D eigenvalue weighted by Gasteiger charge is -2.26. The minimum absolute atomic E-state index is 0.179. The van der Waals surface area contributed by atoms with Crippen molar-refractivity contribution in [2.45, 2.75) is 30.8 Å². The van der Waals surface area contributed by atoms with E-state index in [4.69, 9.17) is 16.3 Å². The summed E-state index contributed by atoms with van der Waals surface area (Å²) in [5, 5.41) is 12.4. The number of amides is 1. The predicted molar refractivity (Wildman–Crippen MR) is 145 cm³/mol. The Bertz CT molecular complexity index is 1530. The number of hydrogen-bond donors (Lipinski definition) is 1. The zero-order valence-corrected chi connectivity index (χ0v) is 23.3. The van der Waals surface area contributed by atoms with Crippen LogP contribution in [0.1, 0.15) is 30.8 Å². The van der Waals surface area contributed by atoms with Crippen LogP contribution in [0.3, 0.4) is 0 Å². The van der Waals surface area contributed by atoms with E-state index in [0.717, 1.165) is 5.56 Å². The van der Waals surface area contributed by atoms with Gasteiger partial charge in [0.2, 0.25) is 5.91 Å². The Balaban J connectivity index is 1.53. The highest BCUT2D eigenvalue weighted by atomic mass is 35.5. The highest BCUT2D eigenvalue weighted by Gasteiger charge is 2.32. The van der Waals surface area contributed by atoms with Crippen LogP contribution in [0.25, 0.3) is 5.69 Å². The number of ether oxygens (including phenoxy) is 1. The number of halogens is 5. The molecule has 210 valence electrons. The van der Waals surface area contributed by atoms with Crippen LogP contribution >= 0.6 is 23.4 Å². The van der Waals surface area contributed by atoms with E-state index >= 15 is 0 Å². The van der Waals surface area contributed by atoms with E-state index in [9.17, 15) is 22.4 Å². The average Bonchev–Trinajstić information content (AvgIpc) is 3.35. The van der Waals surface area contributed by atoms with Crippen molar-refractivity contribution >= 4 is 29.3 Å². The van der Waals surface area contributed by atoms with Crippen molar-refractivity contribution in [1.82, 2.24) is 20.1 Å². The quantitative estimate of drug-likeness (QED) is 0.102. The largest absolute Gasteiger partial charge is 0.495 e.